The Morgan fingerprint density at radius 3 is 3.00 bits per heavy atom. The van der Waals surface area contributed by atoms with E-state index in [1.165, 1.54) is 16.8 Å². The highest BCUT2D eigenvalue weighted by Gasteiger charge is 2.34. The molecule has 0 spiro atoms. The van der Waals surface area contributed by atoms with Crippen molar-refractivity contribution in [2.75, 3.05) is 11.4 Å². The maximum absolute atomic E-state index is 14.2. The summed E-state index contributed by atoms with van der Waals surface area (Å²) in [6, 6.07) is 5.99. The summed E-state index contributed by atoms with van der Waals surface area (Å²) in [6.07, 6.45) is 5.41. The monoisotopic (exact) mass is 384 g/mol. The van der Waals surface area contributed by atoms with Gasteiger partial charge in [0.25, 0.3) is 0 Å². The van der Waals surface area contributed by atoms with Crippen LogP contribution in [-0.4, -0.2) is 36.2 Å². The molecule has 5 rings (SSSR count). The van der Waals surface area contributed by atoms with Crippen LogP contribution in [0.3, 0.4) is 0 Å². The number of fused-ring (bicyclic) bond motifs is 2. The van der Waals surface area contributed by atoms with E-state index in [2.05, 4.69) is 20.1 Å². The molecule has 4 aromatic rings. The molecule has 0 fully saturated rings. The first-order valence-electron chi connectivity index (χ1n) is 8.39. The van der Waals surface area contributed by atoms with Gasteiger partial charge in [0, 0.05) is 30.9 Å². The number of hydrogen-bond donors (Lipinski definition) is 2. The number of aromatic amines is 1. The van der Waals surface area contributed by atoms with E-state index in [4.69, 9.17) is 11.6 Å². The zero-order valence-electron chi connectivity index (χ0n) is 14.0. The van der Waals surface area contributed by atoms with E-state index in [-0.39, 0.29) is 22.6 Å². The van der Waals surface area contributed by atoms with Crippen molar-refractivity contribution < 1.29 is 9.50 Å². The van der Waals surface area contributed by atoms with Crippen LogP contribution >= 0.6 is 11.6 Å². The van der Waals surface area contributed by atoms with E-state index in [9.17, 15) is 9.50 Å². The lowest BCUT2D eigenvalue weighted by atomic mass is 9.99. The molecular weight excluding hydrogens is 371 g/mol. The van der Waals surface area contributed by atoms with Crippen LogP contribution in [0.2, 0.25) is 5.02 Å². The first kappa shape index (κ1) is 16.1. The molecule has 0 unspecified atom stereocenters. The van der Waals surface area contributed by atoms with Crippen molar-refractivity contribution in [2.45, 2.75) is 12.5 Å². The molecule has 136 valence electrons. The van der Waals surface area contributed by atoms with E-state index < -0.39 is 0 Å². The fraction of sp³-hybridized carbons (Fsp3) is 0.167. The van der Waals surface area contributed by atoms with E-state index >= 15 is 0 Å². The zero-order chi connectivity index (χ0) is 18.5. The van der Waals surface area contributed by atoms with Crippen LogP contribution in [0.25, 0.3) is 5.52 Å². The van der Waals surface area contributed by atoms with Crippen LogP contribution < -0.4 is 4.90 Å². The van der Waals surface area contributed by atoms with Crippen LogP contribution in [-0.2, 0) is 6.42 Å². The highest BCUT2D eigenvalue weighted by atomic mass is 35.5. The number of halogens is 2. The molecule has 1 atom stereocenters. The zero-order valence-corrected chi connectivity index (χ0v) is 14.7. The highest BCUT2D eigenvalue weighted by Crippen LogP contribution is 2.37. The molecular formula is C18H14ClFN6O. The quantitative estimate of drug-likeness (QED) is 0.555. The number of aromatic hydroxyl groups is 1. The summed E-state index contributed by atoms with van der Waals surface area (Å²) >= 11 is 6.08. The predicted octanol–water partition coefficient (Wildman–Crippen LogP) is 3.10. The van der Waals surface area contributed by atoms with Crippen molar-refractivity contribution in [3.8, 4) is 5.75 Å². The molecule has 9 heteroatoms. The third-order valence-corrected chi connectivity index (χ3v) is 5.09. The normalized spacial score (nSPS) is 16.7. The standard InChI is InChI=1S/C18H14ClFN6O/c19-10-6-16(21-8-15(10)27)25-5-3-12-17(23-9-22-12)18(25)13-7-14-11(20)2-1-4-26(14)24-13/h1-2,4,6-9,18,27H,3,5H2,(H,22,23)/t18-/m0/s1. The SMILES string of the molecule is Oc1cnc(N2CCc3[nH]cnc3[C@@H]2c2cc3c(F)cccn3n2)cc1Cl. The Morgan fingerprint density at radius 2 is 2.19 bits per heavy atom. The second-order valence-corrected chi connectivity index (χ2v) is 6.77. The molecule has 5 heterocycles. The Kier molecular flexibility index (Phi) is 3.54. The Hall–Kier alpha value is -3.13. The smallest absolute Gasteiger partial charge is 0.152 e. The van der Waals surface area contributed by atoms with Crippen LogP contribution in [0, 0.1) is 5.82 Å². The van der Waals surface area contributed by atoms with Crippen LogP contribution in [0.15, 0.2) is 43.0 Å². The number of nitrogens with one attached hydrogen (secondary N) is 1. The van der Waals surface area contributed by atoms with Crippen LogP contribution in [0.4, 0.5) is 10.2 Å². The number of aromatic nitrogens is 5. The van der Waals surface area contributed by atoms with Gasteiger partial charge in [-0.2, -0.15) is 5.10 Å². The summed E-state index contributed by atoms with van der Waals surface area (Å²) in [6.45, 7) is 0.643. The highest BCUT2D eigenvalue weighted by molar-refractivity contribution is 6.32. The van der Waals surface area contributed by atoms with Gasteiger partial charge in [-0.1, -0.05) is 11.6 Å². The van der Waals surface area contributed by atoms with E-state index in [0.717, 1.165) is 17.8 Å². The summed E-state index contributed by atoms with van der Waals surface area (Å²) < 4.78 is 15.7. The maximum Gasteiger partial charge on any atom is 0.152 e. The van der Waals surface area contributed by atoms with Gasteiger partial charge in [0.1, 0.15) is 23.2 Å². The Balaban J connectivity index is 1.68. The topological polar surface area (TPSA) is 82.3 Å². The molecule has 0 saturated carbocycles. The molecule has 7 nitrogen and oxygen atoms in total. The third kappa shape index (κ3) is 2.52. The van der Waals surface area contributed by atoms with Gasteiger partial charge in [-0.25, -0.2) is 18.9 Å². The van der Waals surface area contributed by atoms with Gasteiger partial charge < -0.3 is 15.0 Å². The number of hydrogen-bond acceptors (Lipinski definition) is 5. The molecule has 1 aliphatic heterocycles. The fourth-order valence-electron chi connectivity index (χ4n) is 3.53. The molecule has 0 bridgehead atoms. The van der Waals surface area contributed by atoms with Crippen LogP contribution in [0.5, 0.6) is 5.75 Å². The molecule has 0 aromatic carbocycles. The number of imidazole rings is 1. The lowest BCUT2D eigenvalue weighted by Crippen LogP contribution is -2.37. The molecule has 0 aliphatic carbocycles. The Morgan fingerprint density at radius 1 is 1.30 bits per heavy atom. The van der Waals surface area contributed by atoms with E-state index in [1.54, 1.807) is 30.7 Å². The van der Waals surface area contributed by atoms with Gasteiger partial charge >= 0.3 is 0 Å². The minimum atomic E-state index is -0.354. The summed E-state index contributed by atoms with van der Waals surface area (Å²) in [5, 5.41) is 14.5. The molecule has 4 aromatic heterocycles. The summed E-state index contributed by atoms with van der Waals surface area (Å²) in [7, 11) is 0. The van der Waals surface area contributed by atoms with Gasteiger partial charge in [0.05, 0.1) is 28.9 Å². The second-order valence-electron chi connectivity index (χ2n) is 6.36. The van der Waals surface area contributed by atoms with Gasteiger partial charge in [0.15, 0.2) is 5.75 Å². The predicted molar refractivity (Wildman–Crippen MR) is 97.5 cm³/mol. The molecule has 2 N–H and O–H groups in total. The van der Waals surface area contributed by atoms with Gasteiger partial charge in [-0.05, 0) is 18.2 Å². The summed E-state index contributed by atoms with van der Waals surface area (Å²) in [5.74, 6) is 0.171. The van der Waals surface area contributed by atoms with E-state index in [1.807, 2.05) is 4.90 Å². The number of rotatable bonds is 2. The Labute approximate surface area is 158 Å². The number of anilines is 1. The van der Waals surface area contributed by atoms with Crippen molar-refractivity contribution in [3.63, 3.8) is 0 Å². The molecule has 0 amide bonds. The summed E-state index contributed by atoms with van der Waals surface area (Å²) in [5.41, 5.74) is 2.88. The lowest BCUT2D eigenvalue weighted by Gasteiger charge is -2.34. The number of H-pyrrole nitrogens is 1. The van der Waals surface area contributed by atoms with E-state index in [0.29, 0.717) is 23.6 Å². The first-order chi connectivity index (χ1) is 13.1. The van der Waals surface area contributed by atoms with Crippen LogP contribution in [0.1, 0.15) is 23.1 Å². The molecule has 0 radical (unpaired) electrons. The minimum absolute atomic E-state index is 0.0794. The lowest BCUT2D eigenvalue weighted by molar-refractivity contribution is 0.472. The fourth-order valence-corrected chi connectivity index (χ4v) is 3.67. The van der Waals surface area contributed by atoms with Crippen molar-refractivity contribution in [1.29, 1.82) is 0 Å². The summed E-state index contributed by atoms with van der Waals surface area (Å²) in [4.78, 5) is 14.0. The maximum atomic E-state index is 14.2. The van der Waals surface area contributed by atoms with Crippen molar-refractivity contribution in [3.05, 3.63) is 70.9 Å². The molecule has 0 saturated heterocycles. The minimum Gasteiger partial charge on any atom is -0.505 e. The van der Waals surface area contributed by atoms with Crippen molar-refractivity contribution in [2.24, 2.45) is 0 Å². The average Bonchev–Trinajstić information content (AvgIpc) is 3.30. The van der Waals surface area contributed by atoms with Crippen molar-refractivity contribution in [1.82, 2.24) is 24.6 Å². The molecule has 27 heavy (non-hydrogen) atoms. The second kappa shape index (κ2) is 5.95. The van der Waals surface area contributed by atoms with Gasteiger partial charge in [-0.15, -0.1) is 0 Å². The van der Waals surface area contributed by atoms with Gasteiger partial charge in [-0.3, -0.25) is 0 Å². The molecule has 1 aliphatic rings. The third-order valence-electron chi connectivity index (χ3n) is 4.79. The number of nitrogens with zero attached hydrogens (tertiary/aromatic N) is 5. The number of pyridine rings is 2. The van der Waals surface area contributed by atoms with Crippen molar-refractivity contribution >= 4 is 22.9 Å². The first-order valence-corrected chi connectivity index (χ1v) is 8.76. The Bertz CT molecular complexity index is 1160. The largest absolute Gasteiger partial charge is 0.505 e. The average molecular weight is 385 g/mol. The van der Waals surface area contributed by atoms with Gasteiger partial charge in [0.2, 0.25) is 0 Å².